The molecule has 6 nitrogen and oxygen atoms in total. The second-order valence-corrected chi connectivity index (χ2v) is 5.63. The van der Waals surface area contributed by atoms with Gasteiger partial charge < -0.3 is 20.7 Å². The van der Waals surface area contributed by atoms with Gasteiger partial charge in [-0.25, -0.2) is 0 Å². The first-order valence-electron chi connectivity index (χ1n) is 6.56. The molecule has 0 saturated carbocycles. The van der Waals surface area contributed by atoms with Gasteiger partial charge in [-0.3, -0.25) is 9.59 Å². The quantitative estimate of drug-likeness (QED) is 0.678. The smallest absolute Gasteiger partial charge is 0.243 e. The van der Waals surface area contributed by atoms with E-state index in [1.165, 1.54) is 10.4 Å². The topological polar surface area (TPSA) is 84.7 Å². The van der Waals surface area contributed by atoms with Crippen LogP contribution in [0.5, 0.6) is 0 Å². The minimum Gasteiger partial charge on any atom is -0.370 e. The second kappa shape index (κ2) is 7.37. The predicted molar refractivity (Wildman–Crippen MR) is 76.3 cm³/mol. The third-order valence-electron chi connectivity index (χ3n) is 3.10. The number of nitrogens with two attached hydrogens (primary N) is 1. The monoisotopic (exact) mass is 297 g/mol. The number of rotatable bonds is 7. The summed E-state index contributed by atoms with van der Waals surface area (Å²) >= 11 is 1.76. The van der Waals surface area contributed by atoms with E-state index in [1.807, 2.05) is 4.90 Å². The van der Waals surface area contributed by atoms with Crippen LogP contribution in [0.15, 0.2) is 11.4 Å². The Bertz CT molecular complexity index is 475. The molecule has 0 radical (unpaired) electrons. The highest BCUT2D eigenvalue weighted by Crippen LogP contribution is 2.23. The van der Waals surface area contributed by atoms with Gasteiger partial charge in [0, 0.05) is 24.5 Å². The molecular formula is C13H19N3O3S. The van der Waals surface area contributed by atoms with E-state index < -0.39 is 5.91 Å². The average Bonchev–Trinajstić information content (AvgIpc) is 2.89. The van der Waals surface area contributed by atoms with Crippen molar-refractivity contribution in [3.8, 4) is 0 Å². The molecule has 0 unspecified atom stereocenters. The van der Waals surface area contributed by atoms with Crippen LogP contribution in [-0.2, 0) is 27.3 Å². The van der Waals surface area contributed by atoms with Gasteiger partial charge in [-0.2, -0.15) is 0 Å². The number of nitrogens with zero attached hydrogens (tertiary/aromatic N) is 1. The highest BCUT2D eigenvalue weighted by molar-refractivity contribution is 7.10. The van der Waals surface area contributed by atoms with Crippen molar-refractivity contribution in [3.63, 3.8) is 0 Å². The first-order valence-corrected chi connectivity index (χ1v) is 7.44. The standard InChI is InChI=1S/C13H19N3O3S/c14-12(17)9-19-5-3-15-7-13(18)16-4-1-11-10(8-16)2-6-20-11/h2,6,15H,1,3-5,7-9H2,(H2,14,17). The fourth-order valence-electron chi connectivity index (χ4n) is 2.09. The zero-order valence-electron chi connectivity index (χ0n) is 11.3. The van der Waals surface area contributed by atoms with Crippen LogP contribution in [0.3, 0.4) is 0 Å². The van der Waals surface area contributed by atoms with Crippen molar-refractivity contribution < 1.29 is 14.3 Å². The number of hydrogen-bond acceptors (Lipinski definition) is 5. The Morgan fingerprint density at radius 2 is 2.35 bits per heavy atom. The third-order valence-corrected chi connectivity index (χ3v) is 4.13. The fraction of sp³-hybridized carbons (Fsp3) is 0.538. The molecule has 7 heteroatoms. The van der Waals surface area contributed by atoms with E-state index in [-0.39, 0.29) is 12.5 Å². The Labute approximate surface area is 121 Å². The maximum absolute atomic E-state index is 12.0. The summed E-state index contributed by atoms with van der Waals surface area (Å²) in [6.45, 7) is 2.59. The van der Waals surface area contributed by atoms with Gasteiger partial charge in [0.2, 0.25) is 11.8 Å². The molecule has 2 heterocycles. The Balaban J connectivity index is 1.62. The number of carbonyl (C=O) groups is 2. The van der Waals surface area contributed by atoms with E-state index >= 15 is 0 Å². The molecule has 0 atom stereocenters. The first kappa shape index (κ1) is 15.0. The van der Waals surface area contributed by atoms with E-state index in [9.17, 15) is 9.59 Å². The number of carbonyl (C=O) groups excluding carboxylic acids is 2. The van der Waals surface area contributed by atoms with Crippen LogP contribution in [0.4, 0.5) is 0 Å². The van der Waals surface area contributed by atoms with Gasteiger partial charge in [0.15, 0.2) is 0 Å². The number of thiophene rings is 1. The molecule has 110 valence electrons. The number of primary amides is 1. The minimum absolute atomic E-state index is 0.0807. The zero-order chi connectivity index (χ0) is 14.4. The first-order chi connectivity index (χ1) is 9.66. The average molecular weight is 297 g/mol. The molecule has 20 heavy (non-hydrogen) atoms. The number of nitrogens with one attached hydrogen (secondary N) is 1. The summed E-state index contributed by atoms with van der Waals surface area (Å²) in [4.78, 5) is 25.7. The Morgan fingerprint density at radius 3 is 3.15 bits per heavy atom. The molecule has 1 aliphatic rings. The third kappa shape index (κ3) is 4.29. The molecule has 1 aromatic heterocycles. The number of ether oxygens (including phenoxy) is 1. The normalized spacial score (nSPS) is 14.1. The summed E-state index contributed by atoms with van der Waals surface area (Å²) in [5.41, 5.74) is 6.20. The lowest BCUT2D eigenvalue weighted by Gasteiger charge is -2.27. The van der Waals surface area contributed by atoms with Crippen LogP contribution in [0.2, 0.25) is 0 Å². The van der Waals surface area contributed by atoms with Crippen molar-refractivity contribution in [1.82, 2.24) is 10.2 Å². The minimum atomic E-state index is -0.485. The maximum atomic E-state index is 12.0. The van der Waals surface area contributed by atoms with E-state index in [4.69, 9.17) is 10.5 Å². The summed E-state index contributed by atoms with van der Waals surface area (Å²) in [6.07, 6.45) is 0.945. The molecule has 0 fully saturated rings. The fourth-order valence-corrected chi connectivity index (χ4v) is 2.98. The van der Waals surface area contributed by atoms with Gasteiger partial charge in [0.1, 0.15) is 6.61 Å². The number of fused-ring (bicyclic) bond motifs is 1. The molecule has 0 aliphatic carbocycles. The molecule has 2 amide bonds. The lowest BCUT2D eigenvalue weighted by Crippen LogP contribution is -2.41. The van der Waals surface area contributed by atoms with E-state index in [0.717, 1.165) is 13.0 Å². The molecule has 2 rings (SSSR count). The van der Waals surface area contributed by atoms with Gasteiger partial charge in [-0.1, -0.05) is 0 Å². The molecule has 1 aromatic rings. The molecular weight excluding hydrogens is 278 g/mol. The van der Waals surface area contributed by atoms with Crippen LogP contribution in [0.1, 0.15) is 10.4 Å². The summed E-state index contributed by atoms with van der Waals surface area (Å²) in [7, 11) is 0. The highest BCUT2D eigenvalue weighted by atomic mass is 32.1. The Morgan fingerprint density at radius 1 is 1.50 bits per heavy atom. The van der Waals surface area contributed by atoms with Gasteiger partial charge >= 0.3 is 0 Å². The van der Waals surface area contributed by atoms with E-state index in [1.54, 1.807) is 11.3 Å². The van der Waals surface area contributed by atoms with Crippen LogP contribution >= 0.6 is 11.3 Å². The molecule has 0 aromatic carbocycles. The van der Waals surface area contributed by atoms with Crippen LogP contribution in [-0.4, -0.2) is 49.6 Å². The van der Waals surface area contributed by atoms with E-state index in [2.05, 4.69) is 16.8 Å². The van der Waals surface area contributed by atoms with Crippen molar-refractivity contribution in [2.45, 2.75) is 13.0 Å². The Kier molecular flexibility index (Phi) is 5.51. The summed E-state index contributed by atoms with van der Waals surface area (Å²) in [5.74, 6) is -0.391. The summed E-state index contributed by atoms with van der Waals surface area (Å²) in [6, 6.07) is 2.09. The van der Waals surface area contributed by atoms with E-state index in [0.29, 0.717) is 26.2 Å². The van der Waals surface area contributed by atoms with Gasteiger partial charge in [0.25, 0.3) is 0 Å². The van der Waals surface area contributed by atoms with Crippen molar-refractivity contribution in [1.29, 1.82) is 0 Å². The highest BCUT2D eigenvalue weighted by Gasteiger charge is 2.20. The molecule has 0 spiro atoms. The summed E-state index contributed by atoms with van der Waals surface area (Å²) in [5, 5.41) is 5.08. The SMILES string of the molecule is NC(=O)COCCNCC(=O)N1CCc2sccc2C1. The maximum Gasteiger partial charge on any atom is 0.243 e. The molecule has 1 aliphatic heterocycles. The van der Waals surface area contributed by atoms with Gasteiger partial charge in [0.05, 0.1) is 13.2 Å². The largest absolute Gasteiger partial charge is 0.370 e. The number of hydrogen-bond donors (Lipinski definition) is 2. The van der Waals surface area contributed by atoms with Crippen LogP contribution < -0.4 is 11.1 Å². The predicted octanol–water partition coefficient (Wildman–Crippen LogP) is -0.276. The Hall–Kier alpha value is -1.44. The molecule has 3 N–H and O–H groups in total. The second-order valence-electron chi connectivity index (χ2n) is 4.63. The van der Waals surface area contributed by atoms with Crippen molar-refractivity contribution >= 4 is 23.2 Å². The van der Waals surface area contributed by atoms with Crippen LogP contribution in [0, 0.1) is 0 Å². The summed E-state index contributed by atoms with van der Waals surface area (Å²) < 4.78 is 5.00. The van der Waals surface area contributed by atoms with Crippen LogP contribution in [0.25, 0.3) is 0 Å². The lowest BCUT2D eigenvalue weighted by molar-refractivity contribution is -0.131. The molecule has 0 saturated heterocycles. The number of amides is 2. The zero-order valence-corrected chi connectivity index (χ0v) is 12.1. The lowest BCUT2D eigenvalue weighted by atomic mass is 10.1. The van der Waals surface area contributed by atoms with Crippen molar-refractivity contribution in [2.24, 2.45) is 5.73 Å². The van der Waals surface area contributed by atoms with Crippen molar-refractivity contribution in [2.75, 3.05) is 32.8 Å². The van der Waals surface area contributed by atoms with Crippen molar-refractivity contribution in [3.05, 3.63) is 21.9 Å². The van der Waals surface area contributed by atoms with Gasteiger partial charge in [-0.05, 0) is 23.4 Å². The molecule has 0 bridgehead atoms. The van der Waals surface area contributed by atoms with Gasteiger partial charge in [-0.15, -0.1) is 11.3 Å².